The van der Waals surface area contributed by atoms with Crippen molar-refractivity contribution in [2.45, 2.75) is 6.92 Å². The summed E-state index contributed by atoms with van der Waals surface area (Å²) in [6.07, 6.45) is 1.71. The molecule has 1 aliphatic rings. The SMILES string of the molecule is Cc1ccc(NS(=O)(=O)N2CCNCC2)c2cccnc12. The van der Waals surface area contributed by atoms with Gasteiger partial charge in [-0.25, -0.2) is 0 Å². The minimum Gasteiger partial charge on any atom is -0.314 e. The highest BCUT2D eigenvalue weighted by molar-refractivity contribution is 7.90. The average Bonchev–Trinajstić information content (AvgIpc) is 2.51. The van der Waals surface area contributed by atoms with Gasteiger partial charge in [0.25, 0.3) is 0 Å². The van der Waals surface area contributed by atoms with Gasteiger partial charge >= 0.3 is 10.2 Å². The molecule has 0 saturated carbocycles. The van der Waals surface area contributed by atoms with Gasteiger partial charge in [-0.3, -0.25) is 9.71 Å². The topological polar surface area (TPSA) is 74.3 Å². The first-order valence-electron chi connectivity index (χ1n) is 6.91. The van der Waals surface area contributed by atoms with Gasteiger partial charge in [-0.1, -0.05) is 6.07 Å². The Morgan fingerprint density at radius 2 is 2.00 bits per heavy atom. The standard InChI is InChI=1S/C14H18N4O2S/c1-11-4-5-13(12-3-2-6-16-14(11)12)17-21(19,20)18-9-7-15-8-10-18/h2-6,15,17H,7-10H2,1H3. The van der Waals surface area contributed by atoms with E-state index < -0.39 is 10.2 Å². The van der Waals surface area contributed by atoms with Crippen LogP contribution in [-0.4, -0.2) is 43.9 Å². The zero-order valence-electron chi connectivity index (χ0n) is 11.8. The molecule has 21 heavy (non-hydrogen) atoms. The number of rotatable bonds is 3. The largest absolute Gasteiger partial charge is 0.314 e. The molecule has 1 aliphatic heterocycles. The van der Waals surface area contributed by atoms with E-state index in [-0.39, 0.29) is 0 Å². The van der Waals surface area contributed by atoms with Crippen LogP contribution in [0.15, 0.2) is 30.5 Å². The Morgan fingerprint density at radius 1 is 1.24 bits per heavy atom. The highest BCUT2D eigenvalue weighted by Crippen LogP contribution is 2.25. The van der Waals surface area contributed by atoms with Crippen LogP contribution in [0.5, 0.6) is 0 Å². The summed E-state index contributed by atoms with van der Waals surface area (Å²) in [5.41, 5.74) is 2.41. The molecule has 0 radical (unpaired) electrons. The van der Waals surface area contributed by atoms with Crippen LogP contribution in [0, 0.1) is 6.92 Å². The van der Waals surface area contributed by atoms with Crippen molar-refractivity contribution >= 4 is 26.8 Å². The van der Waals surface area contributed by atoms with Gasteiger partial charge in [0.2, 0.25) is 0 Å². The van der Waals surface area contributed by atoms with Crippen LogP contribution in [0.4, 0.5) is 5.69 Å². The fourth-order valence-electron chi connectivity index (χ4n) is 2.49. The van der Waals surface area contributed by atoms with Crippen LogP contribution in [0.25, 0.3) is 10.9 Å². The van der Waals surface area contributed by atoms with Crippen molar-refractivity contribution in [2.24, 2.45) is 0 Å². The third-order valence-corrected chi connectivity index (χ3v) is 5.15. The van der Waals surface area contributed by atoms with Crippen LogP contribution >= 0.6 is 0 Å². The van der Waals surface area contributed by atoms with E-state index in [0.717, 1.165) is 16.5 Å². The lowest BCUT2D eigenvalue weighted by molar-refractivity contribution is 0.362. The molecule has 6 nitrogen and oxygen atoms in total. The van der Waals surface area contributed by atoms with Gasteiger partial charge < -0.3 is 5.32 Å². The second-order valence-corrected chi connectivity index (χ2v) is 6.76. The van der Waals surface area contributed by atoms with Crippen LogP contribution in [0.1, 0.15) is 5.56 Å². The Hall–Kier alpha value is -1.70. The molecule has 1 saturated heterocycles. The maximum atomic E-state index is 12.5. The molecule has 2 aromatic rings. The van der Waals surface area contributed by atoms with Gasteiger partial charge in [-0.05, 0) is 30.7 Å². The maximum Gasteiger partial charge on any atom is 0.301 e. The first kappa shape index (κ1) is 14.2. The summed E-state index contributed by atoms with van der Waals surface area (Å²) in [6.45, 7) is 4.28. The summed E-state index contributed by atoms with van der Waals surface area (Å²) < 4.78 is 29.1. The number of aryl methyl sites for hydroxylation is 1. The monoisotopic (exact) mass is 306 g/mol. The second-order valence-electron chi connectivity index (χ2n) is 5.09. The summed E-state index contributed by atoms with van der Waals surface area (Å²) in [5, 5.41) is 3.96. The summed E-state index contributed by atoms with van der Waals surface area (Å²) in [4.78, 5) is 4.33. The number of piperazine rings is 1. The predicted molar refractivity (Wildman–Crippen MR) is 83.5 cm³/mol. The van der Waals surface area contributed by atoms with Crippen molar-refractivity contribution in [1.29, 1.82) is 0 Å². The summed E-state index contributed by atoms with van der Waals surface area (Å²) in [5.74, 6) is 0. The molecule has 0 atom stereocenters. The van der Waals surface area contributed by atoms with Crippen molar-refractivity contribution in [3.63, 3.8) is 0 Å². The lowest BCUT2D eigenvalue weighted by Gasteiger charge is -2.27. The van der Waals surface area contributed by atoms with Gasteiger partial charge in [-0.2, -0.15) is 12.7 Å². The number of pyridine rings is 1. The van der Waals surface area contributed by atoms with Crippen molar-refractivity contribution in [3.8, 4) is 0 Å². The molecule has 2 N–H and O–H groups in total. The lowest BCUT2D eigenvalue weighted by atomic mass is 10.1. The molecule has 3 rings (SSSR count). The molecule has 7 heteroatoms. The van der Waals surface area contributed by atoms with Crippen LogP contribution < -0.4 is 10.0 Å². The molecule has 0 unspecified atom stereocenters. The Balaban J connectivity index is 1.96. The van der Waals surface area contributed by atoms with E-state index in [1.807, 2.05) is 25.1 Å². The fraction of sp³-hybridized carbons (Fsp3) is 0.357. The van der Waals surface area contributed by atoms with E-state index in [1.165, 1.54) is 4.31 Å². The molecular formula is C14H18N4O2S. The van der Waals surface area contributed by atoms with Gasteiger partial charge in [0.1, 0.15) is 0 Å². The lowest BCUT2D eigenvalue weighted by Crippen LogP contribution is -2.48. The van der Waals surface area contributed by atoms with Gasteiger partial charge in [0, 0.05) is 37.8 Å². The molecule has 1 fully saturated rings. The van der Waals surface area contributed by atoms with E-state index >= 15 is 0 Å². The Labute approximate surface area is 124 Å². The first-order valence-corrected chi connectivity index (χ1v) is 8.35. The molecule has 0 bridgehead atoms. The number of aromatic nitrogens is 1. The number of nitrogens with zero attached hydrogens (tertiary/aromatic N) is 2. The van der Waals surface area contributed by atoms with E-state index in [2.05, 4.69) is 15.0 Å². The molecular weight excluding hydrogens is 288 g/mol. The second kappa shape index (κ2) is 5.59. The third kappa shape index (κ3) is 2.85. The van der Waals surface area contributed by atoms with Gasteiger partial charge in [0.15, 0.2) is 0 Å². The van der Waals surface area contributed by atoms with E-state index in [1.54, 1.807) is 12.3 Å². The Bertz CT molecular complexity index is 755. The molecule has 112 valence electrons. The number of fused-ring (bicyclic) bond motifs is 1. The summed E-state index contributed by atoms with van der Waals surface area (Å²) in [7, 11) is -3.53. The van der Waals surface area contributed by atoms with Crippen molar-refractivity contribution < 1.29 is 8.42 Å². The predicted octanol–water partition coefficient (Wildman–Crippen LogP) is 1.11. The number of nitrogens with one attached hydrogen (secondary N) is 2. The molecule has 1 aromatic carbocycles. The van der Waals surface area contributed by atoms with Gasteiger partial charge in [-0.15, -0.1) is 0 Å². The van der Waals surface area contributed by atoms with E-state index in [4.69, 9.17) is 0 Å². The molecule has 0 spiro atoms. The van der Waals surface area contributed by atoms with Crippen LogP contribution in [-0.2, 0) is 10.2 Å². The van der Waals surface area contributed by atoms with E-state index in [9.17, 15) is 8.42 Å². The molecule has 2 heterocycles. The summed E-state index contributed by atoms with van der Waals surface area (Å²) >= 11 is 0. The quantitative estimate of drug-likeness (QED) is 0.891. The average molecular weight is 306 g/mol. The summed E-state index contributed by atoms with van der Waals surface area (Å²) in [6, 6.07) is 7.36. The van der Waals surface area contributed by atoms with Gasteiger partial charge in [0.05, 0.1) is 11.2 Å². The van der Waals surface area contributed by atoms with E-state index in [0.29, 0.717) is 31.9 Å². The zero-order chi connectivity index (χ0) is 14.9. The Morgan fingerprint density at radius 3 is 2.76 bits per heavy atom. The highest BCUT2D eigenvalue weighted by atomic mass is 32.2. The minimum absolute atomic E-state index is 0.484. The maximum absolute atomic E-state index is 12.5. The normalized spacial score (nSPS) is 17.0. The fourth-order valence-corrected chi connectivity index (χ4v) is 3.74. The smallest absolute Gasteiger partial charge is 0.301 e. The van der Waals surface area contributed by atoms with Crippen molar-refractivity contribution in [2.75, 3.05) is 30.9 Å². The number of benzene rings is 1. The molecule has 1 aromatic heterocycles. The molecule has 0 amide bonds. The number of anilines is 1. The van der Waals surface area contributed by atoms with Crippen LogP contribution in [0.3, 0.4) is 0 Å². The third-order valence-electron chi connectivity index (χ3n) is 3.63. The zero-order valence-corrected chi connectivity index (χ0v) is 12.7. The van der Waals surface area contributed by atoms with Crippen LogP contribution in [0.2, 0.25) is 0 Å². The minimum atomic E-state index is -3.53. The van der Waals surface area contributed by atoms with Crippen molar-refractivity contribution in [3.05, 3.63) is 36.0 Å². The van der Waals surface area contributed by atoms with Crippen molar-refractivity contribution in [1.82, 2.24) is 14.6 Å². The number of hydrogen-bond acceptors (Lipinski definition) is 4. The first-order chi connectivity index (χ1) is 10.1. The number of hydrogen-bond donors (Lipinski definition) is 2. The molecule has 0 aliphatic carbocycles. The highest BCUT2D eigenvalue weighted by Gasteiger charge is 2.24. The Kier molecular flexibility index (Phi) is 3.79.